The molecule has 0 aromatic carbocycles. The summed E-state index contributed by atoms with van der Waals surface area (Å²) in [6.45, 7) is 0.967. The van der Waals surface area contributed by atoms with E-state index in [1.807, 2.05) is 0 Å². The van der Waals surface area contributed by atoms with Crippen LogP contribution in [0.1, 0.15) is 12.6 Å². The van der Waals surface area contributed by atoms with Crippen LogP contribution in [-0.4, -0.2) is 50.8 Å². The lowest BCUT2D eigenvalue weighted by molar-refractivity contribution is -0.286. The largest absolute Gasteiger partial charge is 0.455 e. The van der Waals surface area contributed by atoms with E-state index < -0.39 is 28.5 Å². The normalized spacial score (nSPS) is 12.9. The molecule has 31 heavy (non-hydrogen) atoms. The molecule has 0 saturated heterocycles. The molecular weight excluding hydrogens is 445 g/mol. The maximum absolute atomic E-state index is 13.5. The Labute approximate surface area is 173 Å². The van der Waals surface area contributed by atoms with Crippen molar-refractivity contribution < 1.29 is 30.4 Å². The van der Waals surface area contributed by atoms with Gasteiger partial charge in [0, 0.05) is 29.8 Å². The second-order valence-corrected chi connectivity index (χ2v) is 8.80. The smallest absolute Gasteiger partial charge is 0.328 e. The molecule has 0 spiro atoms. The van der Waals surface area contributed by atoms with Gasteiger partial charge in [0.05, 0.1) is 23.5 Å². The van der Waals surface area contributed by atoms with Crippen molar-refractivity contribution in [3.63, 3.8) is 0 Å². The molecule has 0 amide bonds. The van der Waals surface area contributed by atoms with Gasteiger partial charge in [-0.2, -0.15) is 22.0 Å². The van der Waals surface area contributed by atoms with Crippen LogP contribution < -0.4 is 0 Å². The minimum atomic E-state index is -5.74. The van der Waals surface area contributed by atoms with Crippen LogP contribution in [0.3, 0.4) is 0 Å². The minimum absolute atomic E-state index is 0.0901. The van der Waals surface area contributed by atoms with Crippen LogP contribution in [0.4, 0.5) is 22.0 Å². The maximum atomic E-state index is 13.5. The zero-order valence-electron chi connectivity index (χ0n) is 16.2. The lowest BCUT2D eigenvalue weighted by atomic mass is 10.2. The van der Waals surface area contributed by atoms with Gasteiger partial charge in [0.15, 0.2) is 15.7 Å². The third-order valence-corrected chi connectivity index (χ3v) is 6.24. The summed E-state index contributed by atoms with van der Waals surface area (Å²) in [5, 5.41) is 0. The van der Waals surface area contributed by atoms with Crippen molar-refractivity contribution in [1.29, 1.82) is 0 Å². The van der Waals surface area contributed by atoms with Gasteiger partial charge in [0.1, 0.15) is 11.4 Å². The second-order valence-electron chi connectivity index (χ2n) is 6.56. The van der Waals surface area contributed by atoms with Crippen LogP contribution in [0, 0.1) is 6.92 Å². The number of sulfone groups is 1. The highest BCUT2D eigenvalue weighted by Crippen LogP contribution is 2.38. The highest BCUT2D eigenvalue weighted by molar-refractivity contribution is 7.91. The van der Waals surface area contributed by atoms with Crippen molar-refractivity contribution >= 4 is 9.84 Å². The van der Waals surface area contributed by atoms with Crippen LogP contribution in [0.2, 0.25) is 0 Å². The van der Waals surface area contributed by atoms with E-state index in [0.29, 0.717) is 4.57 Å². The predicted molar refractivity (Wildman–Crippen MR) is 99.9 cm³/mol. The van der Waals surface area contributed by atoms with Crippen LogP contribution in [0.5, 0.6) is 0 Å². The Hall–Kier alpha value is -2.96. The van der Waals surface area contributed by atoms with Crippen LogP contribution in [0.25, 0.3) is 22.8 Å². The second kappa shape index (κ2) is 7.94. The summed E-state index contributed by atoms with van der Waals surface area (Å²) in [6, 6.07) is 2.85. The Morgan fingerprint density at radius 3 is 2.23 bits per heavy atom. The Kier molecular flexibility index (Phi) is 5.82. The van der Waals surface area contributed by atoms with Crippen molar-refractivity contribution in [2.45, 2.75) is 37.4 Å². The number of rotatable bonds is 6. The third kappa shape index (κ3) is 4.40. The zero-order valence-corrected chi connectivity index (χ0v) is 17.0. The van der Waals surface area contributed by atoms with Gasteiger partial charge in [-0.3, -0.25) is 4.98 Å². The molecule has 0 atom stereocenters. The molecule has 3 rings (SSSR count). The van der Waals surface area contributed by atoms with E-state index in [1.54, 1.807) is 6.07 Å². The van der Waals surface area contributed by atoms with E-state index in [9.17, 15) is 30.4 Å². The molecule has 0 bridgehead atoms. The quantitative estimate of drug-likeness (QED) is 0.520. The fraction of sp³-hybridized carbons (Fsp3) is 0.333. The van der Waals surface area contributed by atoms with E-state index in [0.717, 1.165) is 6.33 Å². The molecular formula is C18H16F5N5O2S. The molecule has 0 saturated carbocycles. The third-order valence-electron chi connectivity index (χ3n) is 4.50. The standard InChI is InChI=1S/C18H16F5N5O2S/c1-3-31(29,30)13-7-12(16-24-5-4-6-25-16)8-26-15(13)14-11(2)28(10-27-14)9-17(19,20)18(21,22)23/h4-8,10H,3,9H2,1-2H3. The first-order valence-corrected chi connectivity index (χ1v) is 10.5. The summed E-state index contributed by atoms with van der Waals surface area (Å²) in [5.41, 5.74) is -0.0802. The maximum Gasteiger partial charge on any atom is 0.455 e. The molecule has 166 valence electrons. The molecule has 3 aromatic heterocycles. The van der Waals surface area contributed by atoms with Crippen molar-refractivity contribution in [1.82, 2.24) is 24.5 Å². The number of nitrogens with zero attached hydrogens (tertiary/aromatic N) is 5. The number of pyridine rings is 1. The van der Waals surface area contributed by atoms with Gasteiger partial charge in [-0.05, 0) is 19.1 Å². The van der Waals surface area contributed by atoms with E-state index in [2.05, 4.69) is 19.9 Å². The first-order valence-electron chi connectivity index (χ1n) is 8.84. The molecule has 7 nitrogen and oxygen atoms in total. The van der Waals surface area contributed by atoms with Gasteiger partial charge in [-0.25, -0.2) is 23.4 Å². The van der Waals surface area contributed by atoms with Crippen molar-refractivity contribution in [3.8, 4) is 22.8 Å². The van der Waals surface area contributed by atoms with Crippen molar-refractivity contribution in [2.75, 3.05) is 5.75 Å². The first kappa shape index (κ1) is 22.7. The average molecular weight is 461 g/mol. The number of hydrogen-bond donors (Lipinski definition) is 0. The van der Waals surface area contributed by atoms with Crippen LogP contribution >= 0.6 is 0 Å². The minimum Gasteiger partial charge on any atom is -0.328 e. The van der Waals surface area contributed by atoms with Crippen molar-refractivity contribution in [2.24, 2.45) is 0 Å². The van der Waals surface area contributed by atoms with Crippen LogP contribution in [-0.2, 0) is 16.4 Å². The molecule has 0 radical (unpaired) electrons. The van der Waals surface area contributed by atoms with Crippen LogP contribution in [0.15, 0.2) is 41.9 Å². The lowest BCUT2D eigenvalue weighted by Gasteiger charge is -2.20. The van der Waals surface area contributed by atoms with Gasteiger partial charge in [-0.1, -0.05) is 6.92 Å². The van der Waals surface area contributed by atoms with Gasteiger partial charge in [-0.15, -0.1) is 0 Å². The fourth-order valence-corrected chi connectivity index (χ4v) is 3.79. The Bertz CT molecular complexity index is 1190. The zero-order chi connectivity index (χ0) is 23.0. The summed E-state index contributed by atoms with van der Waals surface area (Å²) in [4.78, 5) is 15.8. The van der Waals surface area contributed by atoms with Gasteiger partial charge in [0.25, 0.3) is 0 Å². The monoisotopic (exact) mass is 461 g/mol. The first-order chi connectivity index (χ1) is 14.4. The SMILES string of the molecule is CCS(=O)(=O)c1cc(-c2ncccn2)cnc1-c1ncn(CC(F)(F)C(F)(F)F)c1C. The van der Waals surface area contributed by atoms with Crippen molar-refractivity contribution in [3.05, 3.63) is 42.7 Å². The number of aromatic nitrogens is 5. The van der Waals surface area contributed by atoms with Gasteiger partial charge in [0.2, 0.25) is 0 Å². The number of alkyl halides is 5. The lowest BCUT2D eigenvalue weighted by Crippen LogP contribution is -2.40. The summed E-state index contributed by atoms with van der Waals surface area (Å²) in [5.74, 6) is -5.08. The molecule has 3 aromatic rings. The van der Waals surface area contributed by atoms with E-state index >= 15 is 0 Å². The molecule has 13 heteroatoms. The summed E-state index contributed by atoms with van der Waals surface area (Å²) in [6.07, 6.45) is -0.755. The Morgan fingerprint density at radius 1 is 1.00 bits per heavy atom. The average Bonchev–Trinajstić information content (AvgIpc) is 3.07. The molecule has 0 fully saturated rings. The number of halogens is 5. The topological polar surface area (TPSA) is 90.6 Å². The molecule has 0 unspecified atom stereocenters. The molecule has 0 aliphatic heterocycles. The van der Waals surface area contributed by atoms with Gasteiger partial charge >= 0.3 is 12.1 Å². The Balaban J connectivity index is 2.12. The molecule has 0 aliphatic rings. The Morgan fingerprint density at radius 2 is 1.65 bits per heavy atom. The molecule has 0 N–H and O–H groups in total. The van der Waals surface area contributed by atoms with E-state index in [1.165, 1.54) is 38.5 Å². The molecule has 0 aliphatic carbocycles. The van der Waals surface area contributed by atoms with E-state index in [-0.39, 0.29) is 39.1 Å². The number of imidazole rings is 1. The summed E-state index contributed by atoms with van der Waals surface area (Å²) in [7, 11) is -3.87. The summed E-state index contributed by atoms with van der Waals surface area (Å²) < 4.78 is 90.6. The highest BCUT2D eigenvalue weighted by Gasteiger charge is 2.57. The highest BCUT2D eigenvalue weighted by atomic mass is 32.2. The molecule has 3 heterocycles. The predicted octanol–water partition coefficient (Wildman–Crippen LogP) is 3.70. The summed E-state index contributed by atoms with van der Waals surface area (Å²) >= 11 is 0. The fourth-order valence-electron chi connectivity index (χ4n) is 2.72. The van der Waals surface area contributed by atoms with E-state index in [4.69, 9.17) is 0 Å². The number of hydrogen-bond acceptors (Lipinski definition) is 6. The van der Waals surface area contributed by atoms with Gasteiger partial charge < -0.3 is 4.57 Å².